The number of amides is 1. The number of nitrogens with zero attached hydrogens (tertiary/aromatic N) is 2. The lowest BCUT2D eigenvalue weighted by Gasteiger charge is -2.08. The first-order valence-electron chi connectivity index (χ1n) is 11.3. The maximum Gasteiger partial charge on any atom is 0.356 e. The third kappa shape index (κ3) is 11.0. The number of nitrogen functional groups attached to an aromatic ring is 1. The zero-order chi connectivity index (χ0) is 33.1. The molecule has 0 aliphatic heterocycles. The summed E-state index contributed by atoms with van der Waals surface area (Å²) in [6, 6.07) is 12.9. The summed E-state index contributed by atoms with van der Waals surface area (Å²) in [5.74, 6) is 1.62. The largest absolute Gasteiger partial charge is 0.506 e. The molecule has 18 heteroatoms. The minimum Gasteiger partial charge on any atom is -0.506 e. The Balaban J connectivity index is 0.000000250. The van der Waals surface area contributed by atoms with Crippen LogP contribution >= 0.6 is 58.0 Å². The monoisotopic (exact) mass is 703 g/mol. The van der Waals surface area contributed by atoms with Gasteiger partial charge in [-0.1, -0.05) is 46.4 Å². The second kappa shape index (κ2) is 16.5. The molecule has 44 heavy (non-hydrogen) atoms. The molecule has 0 saturated heterocycles. The number of nitrogens with one attached hydrogen (secondary N) is 1. The van der Waals surface area contributed by atoms with Gasteiger partial charge in [-0.05, 0) is 72.3 Å². The number of carbonyl (C=O) groups is 4. The molecule has 0 spiro atoms. The molecular weight excluding hydrogens is 688 g/mol. The number of rotatable bonds is 5. The fourth-order valence-electron chi connectivity index (χ4n) is 2.88. The first kappa shape index (κ1) is 35.8. The van der Waals surface area contributed by atoms with E-state index in [-0.39, 0.29) is 65.7 Å². The molecule has 2 aromatic carbocycles. The van der Waals surface area contributed by atoms with Crippen LogP contribution in [0.3, 0.4) is 0 Å². The molecule has 0 saturated carbocycles. The Labute approximate surface area is 272 Å². The molecule has 0 aliphatic rings. The van der Waals surface area contributed by atoms with Gasteiger partial charge < -0.3 is 31.2 Å². The first-order chi connectivity index (χ1) is 20.6. The van der Waals surface area contributed by atoms with E-state index in [1.165, 1.54) is 54.6 Å². The van der Waals surface area contributed by atoms with Gasteiger partial charge in [0.25, 0.3) is 11.1 Å². The first-order valence-corrected chi connectivity index (χ1v) is 13.2. The number of aromatic hydroxyl groups is 2. The fraction of sp³-hybridized carbons (Fsp3) is 0. The lowest BCUT2D eigenvalue weighted by Crippen LogP contribution is -2.12. The zero-order valence-electron chi connectivity index (χ0n) is 21.6. The molecule has 8 N–H and O–H groups in total. The van der Waals surface area contributed by atoms with E-state index >= 15 is 0 Å². The number of nitrogens with two attached hydrogens (primary N) is 2. The van der Waals surface area contributed by atoms with Crippen LogP contribution in [0.1, 0.15) is 41.4 Å². The van der Waals surface area contributed by atoms with Crippen LogP contribution in [-0.2, 0) is 4.84 Å². The summed E-state index contributed by atoms with van der Waals surface area (Å²) in [6.45, 7) is 0. The van der Waals surface area contributed by atoms with Crippen LogP contribution in [0.5, 0.6) is 11.5 Å². The van der Waals surface area contributed by atoms with Crippen molar-refractivity contribution in [2.75, 3.05) is 11.1 Å². The molecular formula is C26H18Cl5N5O8. The Bertz CT molecular complexity index is 1680. The summed E-state index contributed by atoms with van der Waals surface area (Å²) in [7, 11) is 0. The molecule has 0 aliphatic carbocycles. The molecule has 1 amide bonds. The molecule has 0 fully saturated rings. The van der Waals surface area contributed by atoms with Crippen molar-refractivity contribution in [3.8, 4) is 11.5 Å². The number of phenols is 2. The van der Waals surface area contributed by atoms with Crippen molar-refractivity contribution < 1.29 is 39.3 Å². The van der Waals surface area contributed by atoms with Crippen molar-refractivity contribution in [3.05, 3.63) is 104 Å². The van der Waals surface area contributed by atoms with Crippen molar-refractivity contribution in [2.45, 2.75) is 0 Å². The lowest BCUT2D eigenvalue weighted by molar-refractivity contribution is 0.0502. The number of carbonyl (C=O) groups excluding carboxylic acids is 3. The topological polar surface area (TPSA) is 228 Å². The van der Waals surface area contributed by atoms with Crippen LogP contribution in [0.4, 0.5) is 11.4 Å². The van der Waals surface area contributed by atoms with E-state index < -0.39 is 23.1 Å². The number of halogens is 5. The number of aromatic nitrogens is 2. The summed E-state index contributed by atoms with van der Waals surface area (Å²) in [4.78, 5) is 55.4. The SMILES string of the molecule is NOC(=O)c1ccc(N)c(O)c1.O=C(Cl)c1cc(Cl)nc(Cl)c1.O=C(O)c1ccc(NC(=O)c2cc(Cl)nc(Cl)c2)c(O)c1. The van der Waals surface area contributed by atoms with Crippen LogP contribution in [0.2, 0.25) is 20.6 Å². The van der Waals surface area contributed by atoms with Gasteiger partial charge in [-0.15, -0.1) is 0 Å². The Morgan fingerprint density at radius 1 is 0.705 bits per heavy atom. The number of benzene rings is 2. The molecule has 0 atom stereocenters. The summed E-state index contributed by atoms with van der Waals surface area (Å²) >= 11 is 27.5. The van der Waals surface area contributed by atoms with Crippen molar-refractivity contribution in [1.29, 1.82) is 0 Å². The predicted octanol–water partition coefficient (Wildman–Crippen LogP) is 5.82. The summed E-state index contributed by atoms with van der Waals surface area (Å²) in [5.41, 5.74) is 6.02. The average Bonchev–Trinajstić information content (AvgIpc) is 2.94. The second-order valence-electron chi connectivity index (χ2n) is 7.95. The number of carboxylic acid groups (broad SMARTS) is 1. The highest BCUT2D eigenvalue weighted by Crippen LogP contribution is 2.26. The molecule has 0 radical (unpaired) electrons. The van der Waals surface area contributed by atoms with Gasteiger partial charge in [0, 0.05) is 11.1 Å². The van der Waals surface area contributed by atoms with Gasteiger partial charge in [0.15, 0.2) is 0 Å². The minimum atomic E-state index is -1.18. The standard InChI is InChI=1S/C13H8Cl2N2O4.C7H8N2O3.C6H2Cl3NO/c14-10-4-7(5-11(15)17-10)12(19)16-8-2-1-6(13(20)21)3-9(8)18;8-5-2-1-4(3-6(5)10)7(11)12-9;7-4-1-3(6(9)11)2-5(8)10-4/h1-5,18H,(H,16,19)(H,20,21);1-3,10H,8-9H2;1-2H. The summed E-state index contributed by atoms with van der Waals surface area (Å²) < 4.78 is 0. The van der Waals surface area contributed by atoms with Gasteiger partial charge in [-0.2, -0.15) is 5.90 Å². The highest BCUT2D eigenvalue weighted by molar-refractivity contribution is 6.67. The van der Waals surface area contributed by atoms with Crippen molar-refractivity contribution in [2.24, 2.45) is 5.90 Å². The van der Waals surface area contributed by atoms with E-state index in [4.69, 9.17) is 74.0 Å². The quantitative estimate of drug-likeness (QED) is 0.0475. The van der Waals surface area contributed by atoms with Gasteiger partial charge in [0.2, 0.25) is 0 Å². The molecule has 4 aromatic rings. The summed E-state index contributed by atoms with van der Waals surface area (Å²) in [5, 5.41) is 29.8. The maximum absolute atomic E-state index is 12.0. The van der Waals surface area contributed by atoms with Crippen molar-refractivity contribution in [1.82, 2.24) is 9.97 Å². The van der Waals surface area contributed by atoms with Crippen LogP contribution in [0, 0.1) is 0 Å². The Kier molecular flexibility index (Phi) is 13.4. The van der Waals surface area contributed by atoms with Crippen LogP contribution in [0.25, 0.3) is 0 Å². The van der Waals surface area contributed by atoms with Gasteiger partial charge in [0.05, 0.1) is 22.5 Å². The van der Waals surface area contributed by atoms with E-state index in [0.29, 0.717) is 0 Å². The number of aromatic carboxylic acids is 1. The molecule has 2 heterocycles. The predicted molar refractivity (Wildman–Crippen MR) is 164 cm³/mol. The Morgan fingerprint density at radius 2 is 1.18 bits per heavy atom. The normalized spacial score (nSPS) is 9.86. The highest BCUT2D eigenvalue weighted by atomic mass is 35.5. The zero-order valence-corrected chi connectivity index (χ0v) is 25.4. The van der Waals surface area contributed by atoms with Gasteiger partial charge >= 0.3 is 11.9 Å². The molecule has 0 bridgehead atoms. The third-order valence-electron chi connectivity index (χ3n) is 4.88. The van der Waals surface area contributed by atoms with E-state index in [9.17, 15) is 24.3 Å². The van der Waals surface area contributed by atoms with Crippen LogP contribution in [0.15, 0.2) is 60.7 Å². The van der Waals surface area contributed by atoms with E-state index in [0.717, 1.165) is 6.07 Å². The van der Waals surface area contributed by atoms with Gasteiger partial charge in [-0.25, -0.2) is 19.6 Å². The lowest BCUT2D eigenvalue weighted by atomic mass is 10.2. The Morgan fingerprint density at radius 3 is 1.61 bits per heavy atom. The van der Waals surface area contributed by atoms with E-state index in [1.807, 2.05) is 0 Å². The number of hydrogen-bond acceptors (Lipinski definition) is 11. The fourth-order valence-corrected chi connectivity index (χ4v) is 3.91. The second-order valence-corrected chi connectivity index (χ2v) is 9.84. The van der Waals surface area contributed by atoms with Crippen molar-refractivity contribution >= 4 is 92.5 Å². The van der Waals surface area contributed by atoms with E-state index in [1.54, 1.807) is 0 Å². The summed E-state index contributed by atoms with van der Waals surface area (Å²) in [6.07, 6.45) is 0. The maximum atomic E-state index is 12.0. The molecule has 2 aromatic heterocycles. The number of carboxylic acids is 1. The van der Waals surface area contributed by atoms with Crippen LogP contribution < -0.4 is 16.9 Å². The number of phenolic OH excluding ortho intramolecular Hbond substituents is 2. The number of pyridine rings is 2. The van der Waals surface area contributed by atoms with Crippen molar-refractivity contribution in [3.63, 3.8) is 0 Å². The highest BCUT2D eigenvalue weighted by Gasteiger charge is 2.13. The van der Waals surface area contributed by atoms with Crippen LogP contribution in [-0.4, -0.2) is 48.4 Å². The molecule has 0 unspecified atom stereocenters. The number of anilines is 2. The molecule has 13 nitrogen and oxygen atoms in total. The number of hydrogen-bond donors (Lipinski definition) is 6. The Hall–Kier alpha value is -4.37. The third-order valence-corrected chi connectivity index (χ3v) is 5.87. The molecule has 4 rings (SSSR count). The average molecular weight is 706 g/mol. The smallest absolute Gasteiger partial charge is 0.356 e. The molecule has 230 valence electrons. The van der Waals surface area contributed by atoms with E-state index in [2.05, 4.69) is 26.0 Å². The minimum absolute atomic E-state index is 0.0538. The van der Waals surface area contributed by atoms with Gasteiger partial charge in [-0.3, -0.25) is 9.59 Å². The van der Waals surface area contributed by atoms with Gasteiger partial charge in [0.1, 0.15) is 32.1 Å².